The Labute approximate surface area is 97.9 Å². The van der Waals surface area contributed by atoms with Gasteiger partial charge in [-0.1, -0.05) is 12.8 Å². The smallest absolute Gasteiger partial charge is 0.408 e. The topological polar surface area (TPSA) is 38.3 Å². The van der Waals surface area contributed by atoms with E-state index in [1.54, 1.807) is 0 Å². The third-order valence-corrected chi connectivity index (χ3v) is 3.88. The summed E-state index contributed by atoms with van der Waals surface area (Å²) in [5.41, 5.74) is -0.324. The van der Waals surface area contributed by atoms with Crippen LogP contribution >= 0.6 is 0 Å². The summed E-state index contributed by atoms with van der Waals surface area (Å²) < 4.78 is 5.35. The molecule has 2 saturated carbocycles. The van der Waals surface area contributed by atoms with Gasteiger partial charge in [0.2, 0.25) is 0 Å². The van der Waals surface area contributed by atoms with Crippen molar-refractivity contribution >= 4 is 6.09 Å². The van der Waals surface area contributed by atoms with Gasteiger partial charge in [-0.05, 0) is 52.4 Å². The van der Waals surface area contributed by atoms with Crippen molar-refractivity contribution in [1.29, 1.82) is 0 Å². The lowest BCUT2D eigenvalue weighted by Crippen LogP contribution is -2.49. The van der Waals surface area contributed by atoms with Crippen LogP contribution in [0.25, 0.3) is 0 Å². The Bertz CT molecular complexity index is 270. The second-order valence-corrected chi connectivity index (χ2v) is 6.26. The molecule has 0 unspecified atom stereocenters. The van der Waals surface area contributed by atoms with Crippen molar-refractivity contribution in [3.05, 3.63) is 0 Å². The summed E-state index contributed by atoms with van der Waals surface area (Å²) in [5, 5.41) is 3.15. The van der Waals surface area contributed by atoms with Crippen molar-refractivity contribution in [1.82, 2.24) is 5.32 Å². The Morgan fingerprint density at radius 3 is 2.31 bits per heavy atom. The molecule has 0 aromatic heterocycles. The van der Waals surface area contributed by atoms with E-state index in [0.717, 1.165) is 12.8 Å². The third kappa shape index (κ3) is 2.33. The van der Waals surface area contributed by atoms with Gasteiger partial charge < -0.3 is 10.1 Å². The lowest BCUT2D eigenvalue weighted by atomic mass is 9.91. The number of fused-ring (bicyclic) bond motifs is 1. The van der Waals surface area contributed by atoms with E-state index in [1.807, 2.05) is 20.8 Å². The van der Waals surface area contributed by atoms with Gasteiger partial charge in [-0.3, -0.25) is 0 Å². The Morgan fingerprint density at radius 1 is 1.25 bits per heavy atom. The summed E-state index contributed by atoms with van der Waals surface area (Å²) in [7, 11) is 0. The van der Waals surface area contributed by atoms with Crippen molar-refractivity contribution in [2.24, 2.45) is 5.92 Å². The van der Waals surface area contributed by atoms with Crippen molar-refractivity contribution < 1.29 is 9.53 Å². The van der Waals surface area contributed by atoms with Crippen molar-refractivity contribution in [3.63, 3.8) is 0 Å². The van der Waals surface area contributed by atoms with Gasteiger partial charge in [0.15, 0.2) is 0 Å². The maximum atomic E-state index is 11.8. The van der Waals surface area contributed by atoms with E-state index in [4.69, 9.17) is 4.74 Å². The summed E-state index contributed by atoms with van der Waals surface area (Å²) in [6.07, 6.45) is 7.08. The number of hydrogen-bond acceptors (Lipinski definition) is 2. The molecular weight excluding hydrogens is 202 g/mol. The second kappa shape index (κ2) is 3.94. The number of amides is 1. The van der Waals surface area contributed by atoms with E-state index in [1.165, 1.54) is 25.7 Å². The van der Waals surface area contributed by atoms with Crippen molar-refractivity contribution in [3.8, 4) is 0 Å². The highest BCUT2D eigenvalue weighted by atomic mass is 16.6. The van der Waals surface area contributed by atoms with Crippen LogP contribution in [0.5, 0.6) is 0 Å². The summed E-state index contributed by atoms with van der Waals surface area (Å²) in [6.45, 7) is 5.72. The predicted octanol–water partition coefficient (Wildman–Crippen LogP) is 3.23. The van der Waals surface area contributed by atoms with Gasteiger partial charge in [0.25, 0.3) is 0 Å². The molecule has 1 amide bonds. The number of nitrogens with one attached hydrogen (secondary N) is 1. The Morgan fingerprint density at radius 2 is 1.81 bits per heavy atom. The lowest BCUT2D eigenvalue weighted by Gasteiger charge is -2.32. The molecule has 92 valence electrons. The first-order chi connectivity index (χ1) is 7.41. The summed E-state index contributed by atoms with van der Waals surface area (Å²) in [5.74, 6) is 0.694. The van der Waals surface area contributed by atoms with Crippen LogP contribution in [0, 0.1) is 5.92 Å². The largest absolute Gasteiger partial charge is 0.444 e. The molecule has 2 fully saturated rings. The third-order valence-electron chi connectivity index (χ3n) is 3.88. The van der Waals surface area contributed by atoms with Crippen LogP contribution in [0.4, 0.5) is 4.79 Å². The highest BCUT2D eigenvalue weighted by Gasteiger charge is 2.47. The normalized spacial score (nSPS) is 33.6. The monoisotopic (exact) mass is 225 g/mol. The number of hydrogen-bond donors (Lipinski definition) is 1. The standard InChI is InChI=1S/C13H23NO2/c1-12(2,3)16-11(15)14-13-8-4-6-10(13)7-5-9-13/h10H,4-9H2,1-3H3,(H,14,15). The fourth-order valence-corrected chi connectivity index (χ4v) is 3.29. The van der Waals surface area contributed by atoms with Crippen LogP contribution in [0.15, 0.2) is 0 Å². The maximum absolute atomic E-state index is 11.8. The number of alkyl carbamates (subject to hydrolysis) is 1. The minimum atomic E-state index is -0.395. The summed E-state index contributed by atoms with van der Waals surface area (Å²) >= 11 is 0. The van der Waals surface area contributed by atoms with Gasteiger partial charge in [-0.25, -0.2) is 4.79 Å². The number of rotatable bonds is 1. The predicted molar refractivity (Wildman–Crippen MR) is 63.3 cm³/mol. The van der Waals surface area contributed by atoms with E-state index >= 15 is 0 Å². The van der Waals surface area contributed by atoms with Gasteiger partial charge >= 0.3 is 6.09 Å². The van der Waals surface area contributed by atoms with E-state index in [0.29, 0.717) is 5.92 Å². The summed E-state index contributed by atoms with van der Waals surface area (Å²) in [4.78, 5) is 11.8. The van der Waals surface area contributed by atoms with E-state index in [2.05, 4.69) is 5.32 Å². The molecule has 2 aliphatic carbocycles. The van der Waals surface area contributed by atoms with Crippen LogP contribution < -0.4 is 5.32 Å². The van der Waals surface area contributed by atoms with E-state index in [-0.39, 0.29) is 11.6 Å². The van der Waals surface area contributed by atoms with Gasteiger partial charge in [-0.15, -0.1) is 0 Å². The van der Waals surface area contributed by atoms with E-state index in [9.17, 15) is 4.79 Å². The van der Waals surface area contributed by atoms with E-state index < -0.39 is 5.60 Å². The van der Waals surface area contributed by atoms with Gasteiger partial charge in [-0.2, -0.15) is 0 Å². The second-order valence-electron chi connectivity index (χ2n) is 6.26. The van der Waals surface area contributed by atoms with Gasteiger partial charge in [0, 0.05) is 5.54 Å². The van der Waals surface area contributed by atoms with Gasteiger partial charge in [0.05, 0.1) is 0 Å². The van der Waals surface area contributed by atoms with Crippen LogP contribution in [0.3, 0.4) is 0 Å². The molecule has 0 heterocycles. The molecule has 2 rings (SSSR count). The molecule has 0 atom stereocenters. The molecule has 0 bridgehead atoms. The molecular formula is C13H23NO2. The fraction of sp³-hybridized carbons (Fsp3) is 0.923. The van der Waals surface area contributed by atoms with Crippen molar-refractivity contribution in [2.75, 3.05) is 0 Å². The first kappa shape index (κ1) is 11.7. The molecule has 0 aliphatic heterocycles. The van der Waals surface area contributed by atoms with Gasteiger partial charge in [0.1, 0.15) is 5.60 Å². The zero-order valence-corrected chi connectivity index (χ0v) is 10.6. The molecule has 0 saturated heterocycles. The molecule has 3 nitrogen and oxygen atoms in total. The average molecular weight is 225 g/mol. The quantitative estimate of drug-likeness (QED) is 0.744. The van der Waals surface area contributed by atoms with Crippen LogP contribution in [-0.4, -0.2) is 17.2 Å². The average Bonchev–Trinajstić information content (AvgIpc) is 2.57. The molecule has 1 N–H and O–H groups in total. The van der Waals surface area contributed by atoms with Crippen molar-refractivity contribution in [2.45, 2.75) is 70.4 Å². The highest BCUT2D eigenvalue weighted by molar-refractivity contribution is 5.69. The molecule has 2 aliphatic rings. The van der Waals surface area contributed by atoms with Crippen LogP contribution in [-0.2, 0) is 4.74 Å². The minimum Gasteiger partial charge on any atom is -0.444 e. The fourth-order valence-electron chi connectivity index (χ4n) is 3.29. The highest BCUT2D eigenvalue weighted by Crippen LogP contribution is 2.47. The maximum Gasteiger partial charge on any atom is 0.408 e. The Hall–Kier alpha value is -0.730. The summed E-state index contributed by atoms with van der Waals surface area (Å²) in [6, 6.07) is 0. The first-order valence-electron chi connectivity index (χ1n) is 6.42. The zero-order chi connectivity index (χ0) is 11.8. The molecule has 3 heteroatoms. The minimum absolute atomic E-state index is 0.0718. The molecule has 0 aromatic rings. The number of carbonyl (C=O) groups excluding carboxylic acids is 1. The first-order valence-corrected chi connectivity index (χ1v) is 6.42. The number of ether oxygens (including phenoxy) is 1. The molecule has 0 spiro atoms. The number of carbonyl (C=O) groups is 1. The zero-order valence-electron chi connectivity index (χ0n) is 10.6. The molecule has 16 heavy (non-hydrogen) atoms. The van der Waals surface area contributed by atoms with Crippen LogP contribution in [0.1, 0.15) is 59.3 Å². The Balaban J connectivity index is 1.96. The van der Waals surface area contributed by atoms with Crippen LogP contribution in [0.2, 0.25) is 0 Å². The Kier molecular flexibility index (Phi) is 2.89. The molecule has 0 aromatic carbocycles. The lowest BCUT2D eigenvalue weighted by molar-refractivity contribution is 0.0440. The molecule has 0 radical (unpaired) electrons. The SMILES string of the molecule is CC(C)(C)OC(=O)NC12CCCC1CCC2.